The largest absolute Gasteiger partial charge is 0.456 e. The van der Waals surface area contributed by atoms with Gasteiger partial charge in [0.05, 0.1) is 0 Å². The first-order valence-corrected chi connectivity index (χ1v) is 19.9. The van der Waals surface area contributed by atoms with Gasteiger partial charge in [-0.2, -0.15) is 0 Å². The van der Waals surface area contributed by atoms with Crippen LogP contribution in [0.4, 0.5) is 0 Å². The van der Waals surface area contributed by atoms with E-state index >= 15 is 0 Å². The zero-order chi connectivity index (χ0) is 37.9. The third-order valence-corrected chi connectivity index (χ3v) is 12.4. The summed E-state index contributed by atoms with van der Waals surface area (Å²) in [7, 11) is 0. The van der Waals surface area contributed by atoms with Gasteiger partial charge in [0, 0.05) is 21.5 Å². The summed E-state index contributed by atoms with van der Waals surface area (Å²) in [6, 6.07) is 70.5. The molecular weight excluding hydrogens is 705 g/mol. The molecule has 268 valence electrons. The quantitative estimate of drug-likeness (QED) is 0.169. The molecule has 0 aliphatic carbocycles. The first-order valence-electron chi connectivity index (χ1n) is 19.9. The molecule has 11 aromatic carbocycles. The van der Waals surface area contributed by atoms with Gasteiger partial charge in [-0.1, -0.05) is 164 Å². The predicted molar refractivity (Wildman–Crippen MR) is 245 cm³/mol. The fourth-order valence-electron chi connectivity index (χ4n) is 9.91. The van der Waals surface area contributed by atoms with Gasteiger partial charge in [0.2, 0.25) is 0 Å². The van der Waals surface area contributed by atoms with Gasteiger partial charge in [0.15, 0.2) is 0 Å². The Morgan fingerprint density at radius 2 is 0.741 bits per heavy atom. The number of furan rings is 2. The molecule has 0 radical (unpaired) electrons. The second kappa shape index (κ2) is 11.9. The van der Waals surface area contributed by atoms with Crippen molar-refractivity contribution in [2.24, 2.45) is 0 Å². The molecule has 0 N–H and O–H groups in total. The van der Waals surface area contributed by atoms with Crippen LogP contribution in [0.25, 0.3) is 131 Å². The highest BCUT2D eigenvalue weighted by atomic mass is 16.3. The fraction of sp³-hybridized carbons (Fsp3) is 0. The Kier molecular flexibility index (Phi) is 6.47. The minimum absolute atomic E-state index is 0.863. The molecule has 0 aliphatic heterocycles. The van der Waals surface area contributed by atoms with E-state index in [9.17, 15) is 0 Å². The highest BCUT2D eigenvalue weighted by Crippen LogP contribution is 2.48. The van der Waals surface area contributed by atoms with Gasteiger partial charge in [0.25, 0.3) is 0 Å². The highest BCUT2D eigenvalue weighted by molar-refractivity contribution is 6.27. The molecule has 0 aliphatic rings. The lowest BCUT2D eigenvalue weighted by atomic mass is 9.83. The van der Waals surface area contributed by atoms with Crippen molar-refractivity contribution >= 4 is 97.7 Å². The van der Waals surface area contributed by atoms with Crippen LogP contribution in [0.2, 0.25) is 0 Å². The predicted octanol–water partition coefficient (Wildman–Crippen LogP) is 16.3. The van der Waals surface area contributed by atoms with E-state index in [1.165, 1.54) is 81.7 Å². The van der Waals surface area contributed by atoms with E-state index in [2.05, 4.69) is 182 Å². The number of fused-ring (bicyclic) bond motifs is 12. The smallest absolute Gasteiger partial charge is 0.136 e. The molecule has 0 bridgehead atoms. The molecule has 13 rings (SSSR count). The molecule has 2 nitrogen and oxygen atoms in total. The number of hydrogen-bond acceptors (Lipinski definition) is 2. The highest BCUT2D eigenvalue weighted by Gasteiger charge is 2.22. The van der Waals surface area contributed by atoms with Crippen molar-refractivity contribution in [1.82, 2.24) is 0 Å². The molecule has 0 unspecified atom stereocenters. The average Bonchev–Trinajstić information content (AvgIpc) is 3.84. The fourth-order valence-corrected chi connectivity index (χ4v) is 9.91. The average molecular weight is 737 g/mol. The number of rotatable bonds is 3. The monoisotopic (exact) mass is 736 g/mol. The summed E-state index contributed by atoms with van der Waals surface area (Å²) in [6.07, 6.45) is 0. The van der Waals surface area contributed by atoms with Gasteiger partial charge in [-0.15, -0.1) is 0 Å². The molecule has 58 heavy (non-hydrogen) atoms. The first kappa shape index (κ1) is 31.5. The molecule has 0 amide bonds. The van der Waals surface area contributed by atoms with Gasteiger partial charge in [-0.25, -0.2) is 0 Å². The minimum atomic E-state index is 0.863. The molecule has 0 saturated carbocycles. The van der Waals surface area contributed by atoms with Crippen LogP contribution in [-0.2, 0) is 0 Å². The van der Waals surface area contributed by atoms with E-state index in [1.54, 1.807) is 0 Å². The number of hydrogen-bond donors (Lipinski definition) is 0. The SMILES string of the molecule is c1ccc2cc(-c3c4ccccc4c(-c4ccc(-c5cc6oc7cc8c(cc7c6c6ccccc56)oc5ccccc58)c5ccccc45)c4ccccc34)ccc2c1. The summed E-state index contributed by atoms with van der Waals surface area (Å²) in [5.74, 6) is 0. The van der Waals surface area contributed by atoms with E-state index in [1.807, 2.05) is 12.1 Å². The van der Waals surface area contributed by atoms with Crippen molar-refractivity contribution in [2.75, 3.05) is 0 Å². The van der Waals surface area contributed by atoms with Crippen LogP contribution in [-0.4, -0.2) is 0 Å². The van der Waals surface area contributed by atoms with Crippen LogP contribution < -0.4 is 0 Å². The van der Waals surface area contributed by atoms with Crippen molar-refractivity contribution in [2.45, 2.75) is 0 Å². The molecule has 0 spiro atoms. The maximum atomic E-state index is 6.78. The second-order valence-electron chi connectivity index (χ2n) is 15.5. The maximum Gasteiger partial charge on any atom is 0.136 e. The van der Waals surface area contributed by atoms with E-state index in [0.717, 1.165) is 49.4 Å². The lowest BCUT2D eigenvalue weighted by Gasteiger charge is -2.20. The minimum Gasteiger partial charge on any atom is -0.456 e. The van der Waals surface area contributed by atoms with Crippen molar-refractivity contribution in [3.63, 3.8) is 0 Å². The second-order valence-corrected chi connectivity index (χ2v) is 15.5. The Morgan fingerprint density at radius 3 is 1.47 bits per heavy atom. The molecule has 2 heteroatoms. The number of para-hydroxylation sites is 1. The molecule has 2 heterocycles. The van der Waals surface area contributed by atoms with Gasteiger partial charge < -0.3 is 8.83 Å². The van der Waals surface area contributed by atoms with Crippen molar-refractivity contribution < 1.29 is 8.83 Å². The lowest BCUT2D eigenvalue weighted by Crippen LogP contribution is -1.93. The Balaban J connectivity index is 1.06. The lowest BCUT2D eigenvalue weighted by molar-refractivity contribution is 0.664. The van der Waals surface area contributed by atoms with E-state index < -0.39 is 0 Å². The maximum absolute atomic E-state index is 6.78. The molecule has 2 aromatic heterocycles. The zero-order valence-electron chi connectivity index (χ0n) is 31.3. The van der Waals surface area contributed by atoms with E-state index in [0.29, 0.717) is 0 Å². The van der Waals surface area contributed by atoms with Gasteiger partial charge >= 0.3 is 0 Å². The first-order chi connectivity index (χ1) is 28.8. The Morgan fingerprint density at radius 1 is 0.241 bits per heavy atom. The molecule has 13 aromatic rings. The summed E-state index contributed by atoms with van der Waals surface area (Å²) in [5.41, 5.74) is 10.8. The van der Waals surface area contributed by atoms with Crippen LogP contribution in [0.3, 0.4) is 0 Å². The van der Waals surface area contributed by atoms with E-state index in [-0.39, 0.29) is 0 Å². The topological polar surface area (TPSA) is 26.3 Å². The molecule has 0 atom stereocenters. The standard InChI is InChI=1S/C56H32O2/c1-2-14-34-29-35(26-25-33(34)13-1)54-42-20-7-9-22-44(42)55(45-23-10-8-21-43(45)54)46-28-27-39(36-15-3-4-16-37(36)46)47-30-53-56(41-19-6-5-17-38(41)47)49-32-51-48(31-52(49)58-53)40-18-11-12-24-50(40)57-51/h1-32H. The van der Waals surface area contributed by atoms with E-state index in [4.69, 9.17) is 8.83 Å². The van der Waals surface area contributed by atoms with Crippen molar-refractivity contribution in [3.05, 3.63) is 194 Å². The van der Waals surface area contributed by atoms with Crippen molar-refractivity contribution in [3.8, 4) is 33.4 Å². The summed E-state index contributed by atoms with van der Waals surface area (Å²) in [6.45, 7) is 0. The van der Waals surface area contributed by atoms with Gasteiger partial charge in [-0.05, 0) is 118 Å². The third-order valence-electron chi connectivity index (χ3n) is 12.4. The Bertz CT molecular complexity index is 3800. The van der Waals surface area contributed by atoms with Crippen LogP contribution in [0.5, 0.6) is 0 Å². The van der Waals surface area contributed by atoms with Crippen molar-refractivity contribution in [1.29, 1.82) is 0 Å². The van der Waals surface area contributed by atoms with Crippen LogP contribution in [0.1, 0.15) is 0 Å². The zero-order valence-corrected chi connectivity index (χ0v) is 31.3. The third kappa shape index (κ3) is 4.43. The van der Waals surface area contributed by atoms with Gasteiger partial charge in [-0.3, -0.25) is 0 Å². The summed E-state index contributed by atoms with van der Waals surface area (Å²) < 4.78 is 13.1. The van der Waals surface area contributed by atoms with Crippen LogP contribution >= 0.6 is 0 Å². The Hall–Kier alpha value is -7.68. The summed E-state index contributed by atoms with van der Waals surface area (Å²) in [4.78, 5) is 0. The molecular formula is C56H32O2. The van der Waals surface area contributed by atoms with Crippen LogP contribution in [0, 0.1) is 0 Å². The summed E-state index contributed by atoms with van der Waals surface area (Å²) in [5, 5.41) is 16.6. The normalized spacial score (nSPS) is 12.1. The number of benzene rings is 11. The molecule has 0 saturated heterocycles. The van der Waals surface area contributed by atoms with Crippen LogP contribution in [0.15, 0.2) is 203 Å². The molecule has 0 fully saturated rings. The Labute approximate surface area is 332 Å². The van der Waals surface area contributed by atoms with Gasteiger partial charge in [0.1, 0.15) is 22.3 Å². The summed E-state index contributed by atoms with van der Waals surface area (Å²) >= 11 is 0.